The van der Waals surface area contributed by atoms with Crippen molar-refractivity contribution in [1.29, 1.82) is 0 Å². The van der Waals surface area contributed by atoms with E-state index in [1.165, 1.54) is 0 Å². The molecule has 2 atom stereocenters. The Balaban J connectivity index is 1.73. The van der Waals surface area contributed by atoms with E-state index in [9.17, 15) is 9.59 Å². The molecule has 2 aromatic carbocycles. The molecule has 1 heterocycles. The van der Waals surface area contributed by atoms with Crippen LogP contribution in [0.1, 0.15) is 48.7 Å². The lowest BCUT2D eigenvalue weighted by Crippen LogP contribution is -2.51. The zero-order chi connectivity index (χ0) is 23.1. The maximum Gasteiger partial charge on any atom is 0.253 e. The highest BCUT2D eigenvalue weighted by atomic mass is 35.5. The number of nitrogens with one attached hydrogen (secondary N) is 2. The monoisotopic (exact) mass is 457 g/mol. The summed E-state index contributed by atoms with van der Waals surface area (Å²) in [4.78, 5) is 28.2. The van der Waals surface area contributed by atoms with Crippen LogP contribution in [0.5, 0.6) is 5.75 Å². The Labute approximate surface area is 195 Å². The highest BCUT2D eigenvalue weighted by molar-refractivity contribution is 6.33. The molecule has 2 N–H and O–H groups in total. The predicted octanol–water partition coefficient (Wildman–Crippen LogP) is 4.06. The van der Waals surface area contributed by atoms with Crippen molar-refractivity contribution in [3.8, 4) is 5.75 Å². The number of hydrogen-bond acceptors (Lipinski definition) is 4. The van der Waals surface area contributed by atoms with Crippen LogP contribution in [0, 0.1) is 5.92 Å². The van der Waals surface area contributed by atoms with Gasteiger partial charge in [0.2, 0.25) is 5.91 Å². The van der Waals surface area contributed by atoms with Crippen LogP contribution in [0.15, 0.2) is 48.5 Å². The number of likely N-dealkylation sites (tertiary alicyclic amines) is 1. The van der Waals surface area contributed by atoms with E-state index in [4.69, 9.17) is 16.3 Å². The van der Waals surface area contributed by atoms with Gasteiger partial charge in [0.05, 0.1) is 23.7 Å². The number of methoxy groups -OCH3 is 1. The third-order valence-corrected chi connectivity index (χ3v) is 6.23. The quantitative estimate of drug-likeness (QED) is 0.595. The molecule has 2 aromatic rings. The van der Waals surface area contributed by atoms with Gasteiger partial charge in [0.1, 0.15) is 11.8 Å². The summed E-state index contributed by atoms with van der Waals surface area (Å²) in [6, 6.07) is 14.1. The van der Waals surface area contributed by atoms with Crippen LogP contribution >= 0.6 is 11.6 Å². The van der Waals surface area contributed by atoms with E-state index < -0.39 is 6.04 Å². The van der Waals surface area contributed by atoms with Gasteiger partial charge in [0, 0.05) is 12.1 Å². The smallest absolute Gasteiger partial charge is 0.253 e. The second-order valence-corrected chi connectivity index (χ2v) is 8.83. The summed E-state index contributed by atoms with van der Waals surface area (Å²) in [6.45, 7) is 6.22. The molecule has 1 aliphatic heterocycles. The van der Waals surface area contributed by atoms with Gasteiger partial charge in [-0.05, 0) is 50.0 Å². The Morgan fingerprint density at radius 3 is 2.38 bits per heavy atom. The fourth-order valence-corrected chi connectivity index (χ4v) is 4.36. The topological polar surface area (TPSA) is 70.7 Å². The van der Waals surface area contributed by atoms with Gasteiger partial charge in [-0.2, -0.15) is 0 Å². The number of ether oxygens (including phenoxy) is 1. The van der Waals surface area contributed by atoms with Gasteiger partial charge in [-0.25, -0.2) is 0 Å². The number of benzene rings is 2. The summed E-state index contributed by atoms with van der Waals surface area (Å²) in [5.41, 5.74) is 1.41. The van der Waals surface area contributed by atoms with Crippen LogP contribution in [-0.2, 0) is 4.79 Å². The van der Waals surface area contributed by atoms with Gasteiger partial charge in [-0.1, -0.05) is 55.8 Å². The maximum absolute atomic E-state index is 13.1. The molecule has 0 spiro atoms. The number of halogens is 1. The fraction of sp³-hybridized carbons (Fsp3) is 0.440. The van der Waals surface area contributed by atoms with E-state index in [0.29, 0.717) is 17.1 Å². The molecule has 0 aromatic heterocycles. The second kappa shape index (κ2) is 11.3. The minimum absolute atomic E-state index is 0.00433. The molecule has 0 aliphatic carbocycles. The van der Waals surface area contributed by atoms with Gasteiger partial charge in [-0.3, -0.25) is 14.5 Å². The van der Waals surface area contributed by atoms with Gasteiger partial charge in [0.15, 0.2) is 0 Å². The Bertz CT molecular complexity index is 928. The number of nitrogens with zero attached hydrogens (tertiary/aromatic N) is 1. The van der Waals surface area contributed by atoms with Crippen molar-refractivity contribution >= 4 is 23.4 Å². The molecule has 1 fully saturated rings. The molecule has 2 amide bonds. The summed E-state index contributed by atoms with van der Waals surface area (Å²) in [7, 11) is 1.66. The van der Waals surface area contributed by atoms with Gasteiger partial charge in [-0.15, -0.1) is 0 Å². The number of para-hydroxylation sites is 1. The van der Waals surface area contributed by atoms with Crippen LogP contribution in [0.2, 0.25) is 5.02 Å². The van der Waals surface area contributed by atoms with E-state index in [0.717, 1.165) is 37.2 Å². The first-order valence-corrected chi connectivity index (χ1v) is 11.5. The van der Waals surface area contributed by atoms with Crippen LogP contribution < -0.4 is 15.4 Å². The van der Waals surface area contributed by atoms with Crippen molar-refractivity contribution < 1.29 is 14.3 Å². The summed E-state index contributed by atoms with van der Waals surface area (Å²) in [5, 5.41) is 6.29. The van der Waals surface area contributed by atoms with E-state index in [1.54, 1.807) is 31.4 Å². The standard InChI is InChI=1S/C25H32ClN3O3/c1-17(2)23(28-24(30)18-10-4-6-12-20(18)26)25(31)27-16-21(29-14-8-9-15-29)19-11-5-7-13-22(19)32-3/h4-7,10-13,17,21,23H,8-9,14-16H2,1-3H3,(H,27,31)(H,28,30)/t21-,23+/m0/s1. The minimum atomic E-state index is -0.671. The number of hydrogen-bond donors (Lipinski definition) is 2. The molecule has 0 saturated carbocycles. The number of rotatable bonds is 9. The maximum atomic E-state index is 13.1. The largest absolute Gasteiger partial charge is 0.496 e. The molecule has 0 unspecified atom stereocenters. The summed E-state index contributed by atoms with van der Waals surface area (Å²) >= 11 is 6.15. The Morgan fingerprint density at radius 2 is 1.72 bits per heavy atom. The first-order valence-electron chi connectivity index (χ1n) is 11.1. The first-order chi connectivity index (χ1) is 15.4. The molecule has 1 saturated heterocycles. The van der Waals surface area contributed by atoms with E-state index in [2.05, 4.69) is 15.5 Å². The Hall–Kier alpha value is -2.57. The molecule has 6 nitrogen and oxygen atoms in total. The molecular weight excluding hydrogens is 426 g/mol. The normalized spacial score (nSPS) is 15.9. The molecule has 172 valence electrons. The van der Waals surface area contributed by atoms with Gasteiger partial charge < -0.3 is 15.4 Å². The lowest BCUT2D eigenvalue weighted by molar-refractivity contribution is -0.124. The van der Waals surface area contributed by atoms with Crippen molar-refractivity contribution in [2.75, 3.05) is 26.7 Å². The van der Waals surface area contributed by atoms with Crippen molar-refractivity contribution in [2.45, 2.75) is 38.8 Å². The minimum Gasteiger partial charge on any atom is -0.496 e. The first kappa shape index (κ1) is 24.1. The molecular formula is C25H32ClN3O3. The molecule has 1 aliphatic rings. The van der Waals surface area contributed by atoms with Crippen LogP contribution in [0.4, 0.5) is 0 Å². The average Bonchev–Trinajstić information content (AvgIpc) is 3.32. The average molecular weight is 458 g/mol. The van der Waals surface area contributed by atoms with Crippen molar-refractivity contribution in [3.63, 3.8) is 0 Å². The Morgan fingerprint density at radius 1 is 1.06 bits per heavy atom. The zero-order valence-corrected chi connectivity index (χ0v) is 19.7. The number of amides is 2. The molecule has 0 radical (unpaired) electrons. The number of carbonyl (C=O) groups excluding carboxylic acids is 2. The lowest BCUT2D eigenvalue weighted by Gasteiger charge is -2.30. The van der Waals surface area contributed by atoms with Crippen LogP contribution in [-0.4, -0.2) is 49.5 Å². The molecule has 32 heavy (non-hydrogen) atoms. The van der Waals surface area contributed by atoms with Crippen LogP contribution in [0.25, 0.3) is 0 Å². The van der Waals surface area contributed by atoms with Gasteiger partial charge in [0.25, 0.3) is 5.91 Å². The Kier molecular flexibility index (Phi) is 8.53. The SMILES string of the molecule is COc1ccccc1[C@H](CNC(=O)[C@H](NC(=O)c1ccccc1Cl)C(C)C)N1CCCC1. The summed E-state index contributed by atoms with van der Waals surface area (Å²) in [6.07, 6.45) is 2.28. The summed E-state index contributed by atoms with van der Waals surface area (Å²) in [5.74, 6) is 0.161. The third kappa shape index (κ3) is 5.81. The highest BCUT2D eigenvalue weighted by Gasteiger charge is 2.29. The highest BCUT2D eigenvalue weighted by Crippen LogP contribution is 2.31. The van der Waals surface area contributed by atoms with Crippen molar-refractivity contribution in [3.05, 3.63) is 64.7 Å². The second-order valence-electron chi connectivity index (χ2n) is 8.42. The van der Waals surface area contributed by atoms with E-state index in [-0.39, 0.29) is 23.8 Å². The molecule has 3 rings (SSSR count). The van der Waals surface area contributed by atoms with E-state index in [1.807, 2.05) is 38.1 Å². The zero-order valence-electron chi connectivity index (χ0n) is 18.9. The van der Waals surface area contributed by atoms with E-state index >= 15 is 0 Å². The fourth-order valence-electron chi connectivity index (χ4n) is 4.14. The van der Waals surface area contributed by atoms with Crippen molar-refractivity contribution in [2.24, 2.45) is 5.92 Å². The predicted molar refractivity (Wildman–Crippen MR) is 127 cm³/mol. The summed E-state index contributed by atoms with van der Waals surface area (Å²) < 4.78 is 5.58. The molecule has 0 bridgehead atoms. The molecule has 7 heteroatoms. The van der Waals surface area contributed by atoms with Crippen LogP contribution in [0.3, 0.4) is 0 Å². The van der Waals surface area contributed by atoms with Gasteiger partial charge >= 0.3 is 0 Å². The number of carbonyl (C=O) groups is 2. The van der Waals surface area contributed by atoms with Crippen molar-refractivity contribution in [1.82, 2.24) is 15.5 Å². The lowest BCUT2D eigenvalue weighted by atomic mass is 10.0. The third-order valence-electron chi connectivity index (χ3n) is 5.90.